The van der Waals surface area contributed by atoms with Gasteiger partial charge in [-0.2, -0.15) is 0 Å². The molecule has 39 heavy (non-hydrogen) atoms. The van der Waals surface area contributed by atoms with Crippen molar-refractivity contribution >= 4 is 33.3 Å². The van der Waals surface area contributed by atoms with Gasteiger partial charge in [0.2, 0.25) is 0 Å². The molecule has 2 saturated heterocycles. The standard InChI is InChI=1S/C19H25N7.C12H16O/c1-12(20)19(25(2)21)13-9-17-18(23-11-13)15-10-14(3-4-16(15)24-17)26-7-5-22-6-8-26;1-2-4-11(5-3-1)10-12-6-8-13-9-7-12/h3-4,9-11,22,24H,5-8,20-21H2,1-2H3;1-5,12H,6-10H2/b19-12-;. The van der Waals surface area contributed by atoms with Crippen molar-refractivity contribution in [1.82, 2.24) is 20.3 Å². The number of allylic oxidation sites excluding steroid dienone is 1. The van der Waals surface area contributed by atoms with E-state index in [1.165, 1.54) is 35.5 Å². The Morgan fingerprint density at radius 3 is 2.49 bits per heavy atom. The summed E-state index contributed by atoms with van der Waals surface area (Å²) in [5.41, 5.74) is 14.1. The number of nitrogens with zero attached hydrogens (tertiary/aromatic N) is 3. The van der Waals surface area contributed by atoms with E-state index in [0.29, 0.717) is 5.70 Å². The Bertz CT molecular complexity index is 1400. The van der Waals surface area contributed by atoms with E-state index in [2.05, 4.69) is 69.8 Å². The summed E-state index contributed by atoms with van der Waals surface area (Å²) in [4.78, 5) is 10.6. The molecule has 2 aliphatic heterocycles. The molecule has 2 aromatic heterocycles. The molecule has 0 spiro atoms. The summed E-state index contributed by atoms with van der Waals surface area (Å²) in [6.07, 6.45) is 5.52. The molecule has 2 aliphatic rings. The molecule has 8 heteroatoms. The van der Waals surface area contributed by atoms with E-state index in [4.69, 9.17) is 21.3 Å². The van der Waals surface area contributed by atoms with Crippen LogP contribution in [0.3, 0.4) is 0 Å². The number of aromatic nitrogens is 2. The van der Waals surface area contributed by atoms with Crippen LogP contribution in [0.15, 0.2) is 66.5 Å². The first-order chi connectivity index (χ1) is 19.0. The maximum absolute atomic E-state index is 6.00. The van der Waals surface area contributed by atoms with E-state index in [9.17, 15) is 0 Å². The summed E-state index contributed by atoms with van der Waals surface area (Å²) in [7, 11) is 1.78. The van der Waals surface area contributed by atoms with Crippen LogP contribution in [0.4, 0.5) is 5.69 Å². The molecule has 6 rings (SSSR count). The van der Waals surface area contributed by atoms with Crippen LogP contribution in [0.1, 0.15) is 30.9 Å². The van der Waals surface area contributed by atoms with Gasteiger partial charge < -0.3 is 30.7 Å². The first kappa shape index (κ1) is 27.0. The van der Waals surface area contributed by atoms with E-state index in [0.717, 1.165) is 78.5 Å². The number of fused-ring (bicyclic) bond motifs is 3. The van der Waals surface area contributed by atoms with Crippen LogP contribution in [0.5, 0.6) is 0 Å². The molecule has 2 fully saturated rings. The topological polar surface area (TPSA) is 108 Å². The Labute approximate surface area is 231 Å². The molecule has 0 amide bonds. The van der Waals surface area contributed by atoms with Crippen LogP contribution in [0.2, 0.25) is 0 Å². The Hall–Kier alpha value is -3.59. The van der Waals surface area contributed by atoms with E-state index in [1.54, 1.807) is 7.05 Å². The number of H-pyrrole nitrogens is 1. The van der Waals surface area contributed by atoms with Gasteiger partial charge in [-0.1, -0.05) is 30.3 Å². The molecule has 8 nitrogen and oxygen atoms in total. The van der Waals surface area contributed by atoms with E-state index in [1.807, 2.05) is 13.1 Å². The molecular formula is C31H41N7O. The molecule has 6 N–H and O–H groups in total. The van der Waals surface area contributed by atoms with Crippen molar-refractivity contribution in [2.24, 2.45) is 17.5 Å². The molecule has 0 saturated carbocycles. The third kappa shape index (κ3) is 6.53. The fourth-order valence-electron chi connectivity index (χ4n) is 5.61. The predicted octanol–water partition coefficient (Wildman–Crippen LogP) is 4.23. The summed E-state index contributed by atoms with van der Waals surface area (Å²) in [6, 6.07) is 19.3. The lowest BCUT2D eigenvalue weighted by Gasteiger charge is -2.29. The van der Waals surface area contributed by atoms with Crippen molar-refractivity contribution in [2.45, 2.75) is 26.2 Å². The number of nitrogens with two attached hydrogens (primary N) is 2. The van der Waals surface area contributed by atoms with Crippen LogP contribution in [0, 0.1) is 5.92 Å². The molecule has 4 aromatic rings. The highest BCUT2D eigenvalue weighted by molar-refractivity contribution is 6.06. The summed E-state index contributed by atoms with van der Waals surface area (Å²) < 4.78 is 5.34. The highest BCUT2D eigenvalue weighted by Crippen LogP contribution is 2.30. The molecule has 0 bridgehead atoms. The zero-order valence-electron chi connectivity index (χ0n) is 23.1. The lowest BCUT2D eigenvalue weighted by Crippen LogP contribution is -2.43. The number of benzene rings is 2. The monoisotopic (exact) mass is 527 g/mol. The van der Waals surface area contributed by atoms with Crippen LogP contribution in [-0.4, -0.2) is 61.4 Å². The fraction of sp³-hybridized carbons (Fsp3) is 0.387. The maximum Gasteiger partial charge on any atom is 0.0958 e. The Morgan fingerprint density at radius 1 is 1.05 bits per heavy atom. The number of pyridine rings is 1. The lowest BCUT2D eigenvalue weighted by atomic mass is 9.92. The second kappa shape index (κ2) is 12.5. The maximum atomic E-state index is 6.00. The number of nitrogens with one attached hydrogen (secondary N) is 2. The quantitative estimate of drug-likeness (QED) is 0.227. The van der Waals surface area contributed by atoms with Crippen LogP contribution >= 0.6 is 0 Å². The highest BCUT2D eigenvalue weighted by atomic mass is 16.5. The van der Waals surface area contributed by atoms with E-state index >= 15 is 0 Å². The van der Waals surface area contributed by atoms with Gasteiger partial charge in [-0.25, -0.2) is 5.84 Å². The largest absolute Gasteiger partial charge is 0.401 e. The van der Waals surface area contributed by atoms with Crippen molar-refractivity contribution in [3.05, 3.63) is 77.6 Å². The SMILES string of the molecule is C/C(N)=C(\c1cnc2c(c1)[nH]c1ccc(N3CCNCC3)cc12)N(C)N.c1ccc(CC2CCOCC2)cc1. The minimum absolute atomic E-state index is 0.660. The molecule has 4 heterocycles. The van der Waals surface area contributed by atoms with Gasteiger partial charge >= 0.3 is 0 Å². The minimum atomic E-state index is 0.660. The molecule has 0 aliphatic carbocycles. The molecule has 0 radical (unpaired) electrons. The second-order valence-electron chi connectivity index (χ2n) is 10.6. The van der Waals surface area contributed by atoms with Crippen molar-refractivity contribution in [3.63, 3.8) is 0 Å². The molecule has 0 unspecified atom stereocenters. The molecular weight excluding hydrogens is 486 g/mol. The number of hydrogen-bond acceptors (Lipinski definition) is 7. The number of aromatic amines is 1. The van der Waals surface area contributed by atoms with Gasteiger partial charge in [-0.15, -0.1) is 0 Å². The predicted molar refractivity (Wildman–Crippen MR) is 161 cm³/mol. The van der Waals surface area contributed by atoms with Gasteiger partial charge in [-0.3, -0.25) is 4.98 Å². The number of ether oxygens (including phenoxy) is 1. The van der Waals surface area contributed by atoms with Gasteiger partial charge in [0.15, 0.2) is 0 Å². The normalized spacial score (nSPS) is 17.1. The number of hydrazine groups is 1. The van der Waals surface area contributed by atoms with Gasteiger partial charge in [-0.05, 0) is 61.9 Å². The summed E-state index contributed by atoms with van der Waals surface area (Å²) >= 11 is 0. The zero-order valence-corrected chi connectivity index (χ0v) is 23.1. The lowest BCUT2D eigenvalue weighted by molar-refractivity contribution is 0.0665. The van der Waals surface area contributed by atoms with Crippen molar-refractivity contribution in [3.8, 4) is 0 Å². The van der Waals surface area contributed by atoms with Crippen LogP contribution in [0.25, 0.3) is 27.6 Å². The molecule has 0 atom stereocenters. The number of rotatable bonds is 5. The summed E-state index contributed by atoms with van der Waals surface area (Å²) in [6.45, 7) is 7.85. The van der Waals surface area contributed by atoms with Gasteiger partial charge in [0.25, 0.3) is 0 Å². The van der Waals surface area contributed by atoms with Crippen LogP contribution < -0.4 is 21.8 Å². The third-order valence-corrected chi connectivity index (χ3v) is 7.61. The van der Waals surface area contributed by atoms with E-state index < -0.39 is 0 Å². The van der Waals surface area contributed by atoms with Gasteiger partial charge in [0, 0.05) is 80.5 Å². The smallest absolute Gasteiger partial charge is 0.0958 e. The zero-order chi connectivity index (χ0) is 27.2. The Morgan fingerprint density at radius 2 is 1.79 bits per heavy atom. The average Bonchev–Trinajstić information content (AvgIpc) is 3.32. The second-order valence-corrected chi connectivity index (χ2v) is 10.6. The Kier molecular flexibility index (Phi) is 8.66. The van der Waals surface area contributed by atoms with Crippen molar-refractivity contribution < 1.29 is 4.74 Å². The van der Waals surface area contributed by atoms with Gasteiger partial charge in [0.1, 0.15) is 0 Å². The molecule has 206 valence electrons. The number of hydrogen-bond donors (Lipinski definition) is 4. The summed E-state index contributed by atoms with van der Waals surface area (Å²) in [5, 5.41) is 6.06. The average molecular weight is 528 g/mol. The fourth-order valence-corrected chi connectivity index (χ4v) is 5.61. The number of piperazine rings is 1. The first-order valence-electron chi connectivity index (χ1n) is 13.9. The summed E-state index contributed by atoms with van der Waals surface area (Å²) in [5.74, 6) is 6.78. The van der Waals surface area contributed by atoms with Gasteiger partial charge in [0.05, 0.1) is 16.7 Å². The molecule has 2 aromatic carbocycles. The third-order valence-electron chi connectivity index (χ3n) is 7.61. The number of anilines is 1. The van der Waals surface area contributed by atoms with Crippen molar-refractivity contribution in [2.75, 3.05) is 51.3 Å². The Balaban J connectivity index is 0.000000198. The minimum Gasteiger partial charge on any atom is -0.401 e. The van der Waals surface area contributed by atoms with E-state index in [-0.39, 0.29) is 0 Å². The first-order valence-corrected chi connectivity index (χ1v) is 13.9. The van der Waals surface area contributed by atoms with Crippen LogP contribution in [-0.2, 0) is 11.2 Å². The highest BCUT2D eigenvalue weighted by Gasteiger charge is 2.15. The van der Waals surface area contributed by atoms with Crippen molar-refractivity contribution in [1.29, 1.82) is 0 Å².